The number of nitrogens with zero attached hydrogens (tertiary/aromatic N) is 2. The fraction of sp³-hybridized carbons (Fsp3) is 0.375. The summed E-state index contributed by atoms with van der Waals surface area (Å²) in [5, 5.41) is 7.06. The summed E-state index contributed by atoms with van der Waals surface area (Å²) < 4.78 is 1.47. The molecule has 0 aliphatic carbocycles. The molecule has 0 spiro atoms. The molecule has 4 nitrogen and oxygen atoms in total. The Morgan fingerprint density at radius 1 is 1.20 bits per heavy atom. The van der Waals surface area contributed by atoms with Gasteiger partial charge in [0.2, 0.25) is 0 Å². The molecule has 106 valence electrons. The number of aromatic nitrogens is 2. The van der Waals surface area contributed by atoms with Gasteiger partial charge in [0.15, 0.2) is 0 Å². The Kier molecular flexibility index (Phi) is 3.93. The van der Waals surface area contributed by atoms with Crippen molar-refractivity contribution in [3.05, 3.63) is 58.0 Å². The van der Waals surface area contributed by atoms with Gasteiger partial charge in [-0.25, -0.2) is 4.68 Å². The Morgan fingerprint density at radius 2 is 1.85 bits per heavy atom. The van der Waals surface area contributed by atoms with Gasteiger partial charge in [-0.15, -0.1) is 0 Å². The van der Waals surface area contributed by atoms with Crippen molar-refractivity contribution >= 4 is 5.69 Å². The van der Waals surface area contributed by atoms with E-state index in [2.05, 4.69) is 55.5 Å². The van der Waals surface area contributed by atoms with Crippen molar-refractivity contribution in [2.24, 2.45) is 0 Å². The van der Waals surface area contributed by atoms with E-state index in [9.17, 15) is 4.79 Å². The molecule has 20 heavy (non-hydrogen) atoms. The Morgan fingerprint density at radius 3 is 2.35 bits per heavy atom. The van der Waals surface area contributed by atoms with Gasteiger partial charge in [0.25, 0.3) is 5.56 Å². The number of anilines is 1. The monoisotopic (exact) mass is 271 g/mol. The molecule has 0 unspecified atom stereocenters. The molecule has 0 aliphatic heterocycles. The van der Waals surface area contributed by atoms with Gasteiger partial charge in [0.05, 0.1) is 18.4 Å². The first-order valence-corrected chi connectivity index (χ1v) is 6.74. The Hall–Kier alpha value is -2.10. The average Bonchev–Trinajstić information content (AvgIpc) is 2.40. The molecule has 4 heteroatoms. The quantitative estimate of drug-likeness (QED) is 0.933. The number of rotatable bonds is 3. The molecule has 0 saturated heterocycles. The summed E-state index contributed by atoms with van der Waals surface area (Å²) in [4.78, 5) is 11.9. The summed E-state index contributed by atoms with van der Waals surface area (Å²) in [5.74, 6) is 0. The van der Waals surface area contributed by atoms with E-state index in [0.717, 1.165) is 11.3 Å². The van der Waals surface area contributed by atoms with Gasteiger partial charge in [-0.05, 0) is 16.5 Å². The third-order valence-electron chi connectivity index (χ3n) is 3.31. The lowest BCUT2D eigenvalue weighted by molar-refractivity contribution is 0.588. The lowest BCUT2D eigenvalue weighted by Gasteiger charge is -2.19. The molecule has 0 amide bonds. The standard InChI is InChI=1S/C16H21N3O/c1-16(2,3)13-7-5-12(6-8-13)11-19-15(20)9-14(17-4)10-18-19/h5-10,17H,11H2,1-4H3. The van der Waals surface area contributed by atoms with E-state index < -0.39 is 0 Å². The van der Waals surface area contributed by atoms with E-state index in [0.29, 0.717) is 6.54 Å². The van der Waals surface area contributed by atoms with E-state index in [1.54, 1.807) is 19.3 Å². The van der Waals surface area contributed by atoms with Gasteiger partial charge in [-0.2, -0.15) is 5.10 Å². The molecule has 0 saturated carbocycles. The van der Waals surface area contributed by atoms with Crippen molar-refractivity contribution in [3.63, 3.8) is 0 Å². The third kappa shape index (κ3) is 3.26. The van der Waals surface area contributed by atoms with Crippen LogP contribution >= 0.6 is 0 Å². The summed E-state index contributed by atoms with van der Waals surface area (Å²) in [7, 11) is 1.77. The SMILES string of the molecule is CNc1cnn(Cc2ccc(C(C)(C)C)cc2)c(=O)c1. The molecule has 0 radical (unpaired) electrons. The topological polar surface area (TPSA) is 46.9 Å². The van der Waals surface area contributed by atoms with Gasteiger partial charge >= 0.3 is 0 Å². The molecular weight excluding hydrogens is 250 g/mol. The second kappa shape index (κ2) is 5.49. The molecule has 1 aromatic carbocycles. The molecule has 1 heterocycles. The fourth-order valence-electron chi connectivity index (χ4n) is 1.97. The van der Waals surface area contributed by atoms with Crippen LogP contribution in [-0.2, 0) is 12.0 Å². The second-order valence-corrected chi connectivity index (χ2v) is 5.94. The highest BCUT2D eigenvalue weighted by atomic mass is 16.1. The maximum absolute atomic E-state index is 11.9. The average molecular weight is 271 g/mol. The molecule has 2 rings (SSSR count). The number of hydrogen-bond acceptors (Lipinski definition) is 3. The zero-order valence-corrected chi connectivity index (χ0v) is 12.5. The van der Waals surface area contributed by atoms with E-state index in [4.69, 9.17) is 0 Å². The van der Waals surface area contributed by atoms with E-state index in [-0.39, 0.29) is 11.0 Å². The van der Waals surface area contributed by atoms with Gasteiger partial charge in [-0.1, -0.05) is 45.0 Å². The summed E-state index contributed by atoms with van der Waals surface area (Å²) in [6.07, 6.45) is 1.66. The minimum absolute atomic E-state index is 0.100. The lowest BCUT2D eigenvalue weighted by Crippen LogP contribution is -2.23. The van der Waals surface area contributed by atoms with Gasteiger partial charge < -0.3 is 5.32 Å². The molecule has 1 N–H and O–H groups in total. The van der Waals surface area contributed by atoms with Crippen LogP contribution in [0.5, 0.6) is 0 Å². The van der Waals surface area contributed by atoms with Crippen LogP contribution in [0.4, 0.5) is 5.69 Å². The van der Waals surface area contributed by atoms with Crippen LogP contribution in [0.1, 0.15) is 31.9 Å². The van der Waals surface area contributed by atoms with Gasteiger partial charge in [0, 0.05) is 13.1 Å². The summed E-state index contributed by atoms with van der Waals surface area (Å²) >= 11 is 0. The van der Waals surface area contributed by atoms with Crippen LogP contribution in [0.25, 0.3) is 0 Å². The first kappa shape index (κ1) is 14.3. The molecule has 1 aromatic heterocycles. The number of nitrogens with one attached hydrogen (secondary N) is 1. The van der Waals surface area contributed by atoms with Crippen LogP contribution in [0.2, 0.25) is 0 Å². The Bertz CT molecular complexity index is 636. The first-order valence-electron chi connectivity index (χ1n) is 6.74. The number of hydrogen-bond donors (Lipinski definition) is 1. The lowest BCUT2D eigenvalue weighted by atomic mass is 9.87. The van der Waals surface area contributed by atoms with Crippen LogP contribution in [0, 0.1) is 0 Å². The van der Waals surface area contributed by atoms with Crippen molar-refractivity contribution < 1.29 is 0 Å². The third-order valence-corrected chi connectivity index (χ3v) is 3.31. The largest absolute Gasteiger partial charge is 0.387 e. The zero-order chi connectivity index (χ0) is 14.8. The summed E-state index contributed by atoms with van der Waals surface area (Å²) in [6, 6.07) is 9.89. The van der Waals surface area contributed by atoms with Crippen molar-refractivity contribution in [1.29, 1.82) is 0 Å². The summed E-state index contributed by atoms with van der Waals surface area (Å²) in [5.41, 5.74) is 3.13. The van der Waals surface area contributed by atoms with Crippen molar-refractivity contribution in [2.75, 3.05) is 12.4 Å². The van der Waals surface area contributed by atoms with Gasteiger partial charge in [0.1, 0.15) is 0 Å². The van der Waals surface area contributed by atoms with Crippen LogP contribution < -0.4 is 10.9 Å². The maximum atomic E-state index is 11.9. The van der Waals surface area contributed by atoms with Crippen molar-refractivity contribution in [3.8, 4) is 0 Å². The zero-order valence-electron chi connectivity index (χ0n) is 12.5. The van der Waals surface area contributed by atoms with Crippen LogP contribution in [-0.4, -0.2) is 16.8 Å². The maximum Gasteiger partial charge on any atom is 0.269 e. The molecule has 0 aliphatic rings. The molecule has 0 atom stereocenters. The summed E-state index contributed by atoms with van der Waals surface area (Å²) in [6.45, 7) is 7.05. The molecular formula is C16H21N3O. The predicted octanol–water partition coefficient (Wildman–Crippen LogP) is 2.63. The minimum atomic E-state index is -0.100. The normalized spacial score (nSPS) is 11.4. The smallest absolute Gasteiger partial charge is 0.269 e. The highest BCUT2D eigenvalue weighted by Crippen LogP contribution is 2.22. The first-order chi connectivity index (χ1) is 9.40. The van der Waals surface area contributed by atoms with Crippen molar-refractivity contribution in [1.82, 2.24) is 9.78 Å². The van der Waals surface area contributed by atoms with E-state index in [1.807, 2.05) is 0 Å². The van der Waals surface area contributed by atoms with E-state index in [1.165, 1.54) is 10.2 Å². The second-order valence-electron chi connectivity index (χ2n) is 5.94. The molecule has 0 fully saturated rings. The Labute approximate surface area is 119 Å². The molecule has 2 aromatic rings. The number of benzene rings is 1. The van der Waals surface area contributed by atoms with Gasteiger partial charge in [-0.3, -0.25) is 4.79 Å². The highest BCUT2D eigenvalue weighted by Gasteiger charge is 2.12. The predicted molar refractivity (Wildman–Crippen MR) is 82.3 cm³/mol. The Balaban J connectivity index is 2.20. The van der Waals surface area contributed by atoms with Crippen LogP contribution in [0.3, 0.4) is 0 Å². The molecule has 0 bridgehead atoms. The minimum Gasteiger partial charge on any atom is -0.387 e. The fourth-order valence-corrected chi connectivity index (χ4v) is 1.97. The highest BCUT2D eigenvalue weighted by molar-refractivity contribution is 5.37. The van der Waals surface area contributed by atoms with Crippen molar-refractivity contribution in [2.45, 2.75) is 32.7 Å². The van der Waals surface area contributed by atoms with Crippen LogP contribution in [0.15, 0.2) is 41.3 Å². The van der Waals surface area contributed by atoms with E-state index >= 15 is 0 Å².